The van der Waals surface area contributed by atoms with E-state index in [0.29, 0.717) is 9.09 Å². The van der Waals surface area contributed by atoms with Gasteiger partial charge < -0.3 is 4.18 Å². The largest absolute Gasteiger partial charge is 0.375 e. The number of aryl methyl sites for hydroxylation is 1. The van der Waals surface area contributed by atoms with Crippen molar-refractivity contribution < 1.29 is 12.6 Å². The van der Waals surface area contributed by atoms with Gasteiger partial charge in [0.2, 0.25) is 0 Å². The number of pyridine rings is 1. The molecule has 4 nitrogen and oxygen atoms in total. The maximum Gasteiger partial charge on any atom is 0.339 e. The van der Waals surface area contributed by atoms with Crippen LogP contribution in [0, 0.1) is 14.1 Å². The molecule has 0 amide bonds. The zero-order valence-corrected chi connectivity index (χ0v) is 17.1. The van der Waals surface area contributed by atoms with Crippen LogP contribution in [0.2, 0.25) is 0 Å². The van der Waals surface area contributed by atoms with Crippen LogP contribution in [0.25, 0.3) is 10.9 Å². The smallest absolute Gasteiger partial charge is 0.339 e. The first-order chi connectivity index (χ1) is 10.9. The van der Waals surface area contributed by atoms with Crippen molar-refractivity contribution >= 4 is 66.2 Å². The number of hydrogen-bond acceptors (Lipinski definition) is 4. The molecule has 0 N–H and O–H groups in total. The van der Waals surface area contributed by atoms with E-state index in [1.54, 1.807) is 30.5 Å². The Morgan fingerprint density at radius 3 is 2.43 bits per heavy atom. The average molecular weight is 551 g/mol. The lowest BCUT2D eigenvalue weighted by Crippen LogP contribution is -2.11. The van der Waals surface area contributed by atoms with Crippen LogP contribution < -0.4 is 4.18 Å². The summed E-state index contributed by atoms with van der Waals surface area (Å²) in [5, 5.41) is 0.864. The molecule has 1 heterocycles. The Morgan fingerprint density at radius 2 is 1.74 bits per heavy atom. The first-order valence-electron chi connectivity index (χ1n) is 6.62. The second-order valence-electron chi connectivity index (χ2n) is 4.92. The summed E-state index contributed by atoms with van der Waals surface area (Å²) in [6.07, 6.45) is 1.62. The van der Waals surface area contributed by atoms with Crippen LogP contribution in [0.5, 0.6) is 5.75 Å². The fourth-order valence-electron chi connectivity index (χ4n) is 2.09. The maximum absolute atomic E-state index is 12.5. The number of hydrogen-bond donors (Lipinski definition) is 0. The number of benzene rings is 2. The minimum atomic E-state index is -3.90. The molecule has 0 saturated carbocycles. The minimum absolute atomic E-state index is 0.126. The van der Waals surface area contributed by atoms with Crippen molar-refractivity contribution in [3.8, 4) is 5.75 Å². The summed E-state index contributed by atoms with van der Waals surface area (Å²) in [7, 11) is -3.90. The Balaban J connectivity index is 2.13. The summed E-state index contributed by atoms with van der Waals surface area (Å²) < 4.78 is 32.2. The van der Waals surface area contributed by atoms with E-state index in [2.05, 4.69) is 50.2 Å². The summed E-state index contributed by atoms with van der Waals surface area (Å²) in [4.78, 5) is 4.42. The normalized spacial score (nSPS) is 11.6. The summed E-state index contributed by atoms with van der Waals surface area (Å²) in [5.41, 5.74) is 1.53. The summed E-state index contributed by atoms with van der Waals surface area (Å²) in [6.45, 7) is 1.90. The molecule has 0 unspecified atom stereocenters. The lowest BCUT2D eigenvalue weighted by Gasteiger charge is -2.12. The third kappa shape index (κ3) is 3.45. The molecular weight excluding hydrogens is 540 g/mol. The molecule has 3 rings (SSSR count). The number of aromatic nitrogens is 1. The van der Waals surface area contributed by atoms with E-state index < -0.39 is 10.1 Å². The molecule has 0 fully saturated rings. The van der Waals surface area contributed by atoms with Gasteiger partial charge in [-0.05, 0) is 76.4 Å². The number of nitrogens with zero attached hydrogens (tertiary/aromatic N) is 1. The third-order valence-corrected chi connectivity index (χ3v) is 6.18. The van der Waals surface area contributed by atoms with Crippen molar-refractivity contribution in [1.82, 2.24) is 4.98 Å². The SMILES string of the molecule is Cc1ccc(S(=O)(=O)Oc2c(I)cc(I)c3cccnc23)cc1. The van der Waals surface area contributed by atoms with Gasteiger partial charge in [-0.25, -0.2) is 0 Å². The van der Waals surface area contributed by atoms with Crippen molar-refractivity contribution in [1.29, 1.82) is 0 Å². The van der Waals surface area contributed by atoms with Gasteiger partial charge in [0.25, 0.3) is 0 Å². The van der Waals surface area contributed by atoms with Crippen LogP contribution in [0.1, 0.15) is 5.56 Å². The predicted octanol–water partition coefficient (Wildman–Crippen LogP) is 4.52. The number of halogens is 2. The lowest BCUT2D eigenvalue weighted by atomic mass is 10.2. The zero-order chi connectivity index (χ0) is 16.6. The molecule has 23 heavy (non-hydrogen) atoms. The molecule has 3 aromatic rings. The highest BCUT2D eigenvalue weighted by Crippen LogP contribution is 2.34. The van der Waals surface area contributed by atoms with E-state index in [4.69, 9.17) is 4.18 Å². The monoisotopic (exact) mass is 551 g/mol. The Labute approximate surface area is 161 Å². The summed E-state index contributed by atoms with van der Waals surface area (Å²) in [5.74, 6) is 0.266. The van der Waals surface area contributed by atoms with Gasteiger partial charge >= 0.3 is 10.1 Å². The summed E-state index contributed by atoms with van der Waals surface area (Å²) in [6, 6.07) is 12.2. The van der Waals surface area contributed by atoms with Crippen LogP contribution in [-0.4, -0.2) is 13.4 Å². The molecule has 1 aromatic heterocycles. The molecule has 0 radical (unpaired) electrons. The Kier molecular flexibility index (Phi) is 4.79. The van der Waals surface area contributed by atoms with Crippen LogP contribution in [0.15, 0.2) is 53.6 Å². The first kappa shape index (κ1) is 16.9. The topological polar surface area (TPSA) is 56.3 Å². The predicted molar refractivity (Wildman–Crippen MR) is 106 cm³/mol. The first-order valence-corrected chi connectivity index (χ1v) is 10.2. The molecule has 0 aliphatic carbocycles. The second-order valence-corrected chi connectivity index (χ2v) is 8.79. The Morgan fingerprint density at radius 1 is 1.04 bits per heavy atom. The van der Waals surface area contributed by atoms with Gasteiger partial charge in [0, 0.05) is 15.2 Å². The van der Waals surface area contributed by atoms with Crippen molar-refractivity contribution in [3.63, 3.8) is 0 Å². The van der Waals surface area contributed by atoms with E-state index in [9.17, 15) is 8.42 Å². The van der Waals surface area contributed by atoms with Gasteiger partial charge in [0.1, 0.15) is 10.4 Å². The standard InChI is InChI=1S/C16H11I2NO3S/c1-10-4-6-11(7-5-10)23(20,21)22-16-14(18)9-13(17)12-3-2-8-19-15(12)16/h2-9H,1H3. The van der Waals surface area contributed by atoms with Gasteiger partial charge in [-0.15, -0.1) is 0 Å². The molecule has 118 valence electrons. The van der Waals surface area contributed by atoms with E-state index in [0.717, 1.165) is 14.5 Å². The molecule has 0 spiro atoms. The Hall–Kier alpha value is -0.940. The van der Waals surface area contributed by atoms with Crippen LogP contribution in [-0.2, 0) is 10.1 Å². The zero-order valence-electron chi connectivity index (χ0n) is 12.0. The lowest BCUT2D eigenvalue weighted by molar-refractivity contribution is 0.486. The molecule has 0 aliphatic rings. The highest BCUT2D eigenvalue weighted by Gasteiger charge is 2.21. The maximum atomic E-state index is 12.5. The quantitative estimate of drug-likeness (QED) is 0.355. The van der Waals surface area contributed by atoms with Gasteiger partial charge in [-0.2, -0.15) is 8.42 Å². The van der Waals surface area contributed by atoms with Crippen LogP contribution in [0.4, 0.5) is 0 Å². The van der Waals surface area contributed by atoms with Gasteiger partial charge in [0.05, 0.1) is 3.57 Å². The molecule has 0 bridgehead atoms. The third-order valence-electron chi connectivity index (χ3n) is 3.25. The highest BCUT2D eigenvalue weighted by atomic mass is 127. The van der Waals surface area contributed by atoms with Crippen LogP contribution >= 0.6 is 45.2 Å². The van der Waals surface area contributed by atoms with E-state index >= 15 is 0 Å². The van der Waals surface area contributed by atoms with Gasteiger partial charge in [-0.3, -0.25) is 4.98 Å². The van der Waals surface area contributed by atoms with E-state index in [1.807, 2.05) is 25.1 Å². The fraction of sp³-hybridized carbons (Fsp3) is 0.0625. The average Bonchev–Trinajstić information content (AvgIpc) is 2.52. The molecule has 0 saturated heterocycles. The van der Waals surface area contributed by atoms with Gasteiger partial charge in [-0.1, -0.05) is 23.8 Å². The second kappa shape index (κ2) is 6.52. The number of fused-ring (bicyclic) bond motifs is 1. The number of rotatable bonds is 3. The van der Waals surface area contributed by atoms with E-state index in [1.165, 1.54) is 0 Å². The summed E-state index contributed by atoms with van der Waals surface area (Å²) >= 11 is 4.27. The fourth-order valence-corrected chi connectivity index (χ4v) is 5.21. The van der Waals surface area contributed by atoms with Crippen molar-refractivity contribution in [2.75, 3.05) is 0 Å². The molecule has 0 atom stereocenters. The van der Waals surface area contributed by atoms with Crippen molar-refractivity contribution in [2.45, 2.75) is 11.8 Å². The van der Waals surface area contributed by atoms with Crippen molar-refractivity contribution in [3.05, 3.63) is 61.4 Å². The molecule has 2 aromatic carbocycles. The van der Waals surface area contributed by atoms with E-state index in [-0.39, 0.29) is 10.6 Å². The minimum Gasteiger partial charge on any atom is -0.375 e. The van der Waals surface area contributed by atoms with Gasteiger partial charge in [0.15, 0.2) is 5.75 Å². The molecular formula is C16H11I2NO3S. The highest BCUT2D eigenvalue weighted by molar-refractivity contribution is 14.1. The Bertz CT molecular complexity index is 986. The molecule has 7 heteroatoms. The van der Waals surface area contributed by atoms with Crippen LogP contribution in [0.3, 0.4) is 0 Å². The van der Waals surface area contributed by atoms with Crippen molar-refractivity contribution in [2.24, 2.45) is 0 Å². The molecule has 0 aliphatic heterocycles.